The van der Waals surface area contributed by atoms with Gasteiger partial charge in [-0.3, -0.25) is 4.79 Å². The molecule has 0 bridgehead atoms. The van der Waals surface area contributed by atoms with Gasteiger partial charge in [-0.05, 0) is 24.1 Å². The maximum Gasteiger partial charge on any atom is 0.311 e. The normalized spacial score (nSPS) is 12.5. The first-order chi connectivity index (χ1) is 8.54. The number of carboxylic acids is 1. The maximum absolute atomic E-state index is 11.5. The van der Waals surface area contributed by atoms with Gasteiger partial charge in [-0.1, -0.05) is 38.3 Å². The van der Waals surface area contributed by atoms with Crippen LogP contribution in [0.4, 0.5) is 0 Å². The van der Waals surface area contributed by atoms with Crippen LogP contribution in [0, 0.1) is 5.92 Å². The van der Waals surface area contributed by atoms with Crippen LogP contribution >= 0.6 is 11.6 Å². The lowest BCUT2D eigenvalue weighted by Crippen LogP contribution is -2.21. The molecule has 100 valence electrons. The summed E-state index contributed by atoms with van der Waals surface area (Å²) in [6, 6.07) is 5.11. The molecule has 0 saturated carbocycles. The predicted molar refractivity (Wildman–Crippen MR) is 72.5 cm³/mol. The van der Waals surface area contributed by atoms with E-state index < -0.39 is 11.9 Å². The van der Waals surface area contributed by atoms with Gasteiger partial charge in [-0.2, -0.15) is 0 Å². The average Bonchev–Trinajstić information content (AvgIpc) is 2.35. The zero-order chi connectivity index (χ0) is 13.7. The number of carbonyl (C=O) groups is 1. The van der Waals surface area contributed by atoms with Crippen LogP contribution in [0.15, 0.2) is 18.2 Å². The van der Waals surface area contributed by atoms with Crippen molar-refractivity contribution >= 4 is 17.6 Å². The third-order valence-corrected chi connectivity index (χ3v) is 3.55. The molecule has 1 atom stereocenters. The van der Waals surface area contributed by atoms with E-state index >= 15 is 0 Å². The first-order valence-electron chi connectivity index (χ1n) is 6.11. The molecule has 1 aromatic carbocycles. The molecule has 0 aliphatic heterocycles. The van der Waals surface area contributed by atoms with Gasteiger partial charge in [0.15, 0.2) is 0 Å². The standard InChI is InChI=1S/C14H19ClO3/c1-4-9(5-2)13(14(16)17)11-8-10(15)6-7-12(11)18-3/h6-9,13H,4-5H2,1-3H3,(H,16,17). The second-order valence-corrected chi connectivity index (χ2v) is 4.72. The first kappa shape index (κ1) is 14.8. The Labute approximate surface area is 113 Å². The van der Waals surface area contributed by atoms with Crippen LogP contribution in [0.1, 0.15) is 38.2 Å². The van der Waals surface area contributed by atoms with Gasteiger partial charge in [-0.25, -0.2) is 0 Å². The van der Waals surface area contributed by atoms with E-state index in [-0.39, 0.29) is 5.92 Å². The van der Waals surface area contributed by atoms with E-state index in [1.807, 2.05) is 13.8 Å². The molecule has 0 aliphatic carbocycles. The van der Waals surface area contributed by atoms with Crippen LogP contribution in [0.2, 0.25) is 5.02 Å². The van der Waals surface area contributed by atoms with Crippen LogP contribution in [0.5, 0.6) is 5.75 Å². The average molecular weight is 271 g/mol. The molecule has 0 radical (unpaired) electrons. The molecule has 0 spiro atoms. The summed E-state index contributed by atoms with van der Waals surface area (Å²) in [4.78, 5) is 11.5. The van der Waals surface area contributed by atoms with E-state index in [4.69, 9.17) is 16.3 Å². The molecule has 0 saturated heterocycles. The van der Waals surface area contributed by atoms with Gasteiger partial charge in [0, 0.05) is 10.6 Å². The molecule has 18 heavy (non-hydrogen) atoms. The Morgan fingerprint density at radius 2 is 2.00 bits per heavy atom. The SMILES string of the molecule is CCC(CC)C(C(=O)O)c1cc(Cl)ccc1OC. The van der Waals surface area contributed by atoms with Gasteiger partial charge < -0.3 is 9.84 Å². The number of halogens is 1. The van der Waals surface area contributed by atoms with Crippen molar-refractivity contribution in [2.45, 2.75) is 32.6 Å². The number of ether oxygens (including phenoxy) is 1. The van der Waals surface area contributed by atoms with Gasteiger partial charge in [0.1, 0.15) is 5.75 Å². The number of hydrogen-bond donors (Lipinski definition) is 1. The minimum absolute atomic E-state index is 0.0786. The van der Waals surface area contributed by atoms with Crippen molar-refractivity contribution in [1.82, 2.24) is 0 Å². The monoisotopic (exact) mass is 270 g/mol. The summed E-state index contributed by atoms with van der Waals surface area (Å²) in [7, 11) is 1.54. The maximum atomic E-state index is 11.5. The smallest absolute Gasteiger partial charge is 0.311 e. The van der Waals surface area contributed by atoms with Gasteiger partial charge in [0.25, 0.3) is 0 Å². The lowest BCUT2D eigenvalue weighted by molar-refractivity contribution is -0.140. The first-order valence-corrected chi connectivity index (χ1v) is 6.49. The molecule has 0 fully saturated rings. The molecule has 3 nitrogen and oxygen atoms in total. The minimum Gasteiger partial charge on any atom is -0.496 e. The van der Waals surface area contributed by atoms with Crippen molar-refractivity contribution in [2.75, 3.05) is 7.11 Å². The molecule has 0 heterocycles. The molecule has 0 aromatic heterocycles. The summed E-state index contributed by atoms with van der Waals surface area (Å²) in [5.41, 5.74) is 0.659. The van der Waals surface area contributed by atoms with E-state index in [0.717, 1.165) is 12.8 Å². The number of methoxy groups -OCH3 is 1. The third kappa shape index (κ3) is 3.16. The molecular weight excluding hydrogens is 252 g/mol. The number of hydrogen-bond acceptors (Lipinski definition) is 2. The number of carboxylic acid groups (broad SMARTS) is 1. The second-order valence-electron chi connectivity index (χ2n) is 4.28. The van der Waals surface area contributed by atoms with Crippen LogP contribution in [0.3, 0.4) is 0 Å². The number of benzene rings is 1. The summed E-state index contributed by atoms with van der Waals surface area (Å²) in [5, 5.41) is 10.0. The summed E-state index contributed by atoms with van der Waals surface area (Å²) in [6.45, 7) is 4.00. The minimum atomic E-state index is -0.829. The van der Waals surface area contributed by atoms with Gasteiger partial charge in [0.2, 0.25) is 0 Å². The van der Waals surface area contributed by atoms with Crippen molar-refractivity contribution in [1.29, 1.82) is 0 Å². The Bertz CT molecular complexity index is 414. The van der Waals surface area contributed by atoms with Crippen LogP contribution in [-0.4, -0.2) is 18.2 Å². The Hall–Kier alpha value is -1.22. The zero-order valence-corrected chi connectivity index (χ0v) is 11.7. The highest BCUT2D eigenvalue weighted by Gasteiger charge is 2.30. The summed E-state index contributed by atoms with van der Waals surface area (Å²) >= 11 is 5.97. The van der Waals surface area contributed by atoms with E-state index in [2.05, 4.69) is 0 Å². The highest BCUT2D eigenvalue weighted by Crippen LogP contribution is 2.37. The molecule has 0 aliphatic rings. The lowest BCUT2D eigenvalue weighted by atomic mass is 9.82. The predicted octanol–water partition coefficient (Wildman–Crippen LogP) is 3.95. The van der Waals surface area contributed by atoms with Gasteiger partial charge in [0.05, 0.1) is 13.0 Å². The molecule has 0 amide bonds. The fourth-order valence-corrected chi connectivity index (χ4v) is 2.48. The van der Waals surface area contributed by atoms with Crippen molar-refractivity contribution in [2.24, 2.45) is 5.92 Å². The van der Waals surface area contributed by atoms with Crippen LogP contribution < -0.4 is 4.74 Å². The Kier molecular flexibility index (Phi) is 5.48. The van der Waals surface area contributed by atoms with Crippen LogP contribution in [0.25, 0.3) is 0 Å². The fraction of sp³-hybridized carbons (Fsp3) is 0.500. The van der Waals surface area contributed by atoms with E-state index in [1.165, 1.54) is 0 Å². The van der Waals surface area contributed by atoms with Gasteiger partial charge in [-0.15, -0.1) is 0 Å². The fourth-order valence-electron chi connectivity index (χ4n) is 2.30. The molecule has 1 N–H and O–H groups in total. The topological polar surface area (TPSA) is 46.5 Å². The Morgan fingerprint density at radius 1 is 1.39 bits per heavy atom. The summed E-state index contributed by atoms with van der Waals surface area (Å²) in [6.07, 6.45) is 1.62. The second kappa shape index (κ2) is 6.64. The van der Waals surface area contributed by atoms with Crippen molar-refractivity contribution in [3.63, 3.8) is 0 Å². The van der Waals surface area contributed by atoms with Crippen molar-refractivity contribution in [3.05, 3.63) is 28.8 Å². The molecule has 1 aromatic rings. The van der Waals surface area contributed by atoms with E-state index in [1.54, 1.807) is 25.3 Å². The molecular formula is C14H19ClO3. The molecule has 1 unspecified atom stereocenters. The number of aliphatic carboxylic acids is 1. The van der Waals surface area contributed by atoms with Crippen molar-refractivity contribution < 1.29 is 14.6 Å². The quantitative estimate of drug-likeness (QED) is 0.851. The molecule has 4 heteroatoms. The van der Waals surface area contributed by atoms with E-state index in [0.29, 0.717) is 16.3 Å². The van der Waals surface area contributed by atoms with Crippen molar-refractivity contribution in [3.8, 4) is 5.75 Å². The highest BCUT2D eigenvalue weighted by molar-refractivity contribution is 6.30. The zero-order valence-electron chi connectivity index (χ0n) is 10.9. The van der Waals surface area contributed by atoms with Gasteiger partial charge >= 0.3 is 5.97 Å². The summed E-state index contributed by atoms with van der Waals surface area (Å²) in [5.74, 6) is -0.744. The highest BCUT2D eigenvalue weighted by atomic mass is 35.5. The lowest BCUT2D eigenvalue weighted by Gasteiger charge is -2.23. The number of rotatable bonds is 6. The van der Waals surface area contributed by atoms with Crippen LogP contribution in [-0.2, 0) is 4.79 Å². The Balaban J connectivity index is 3.28. The third-order valence-electron chi connectivity index (χ3n) is 3.31. The summed E-state index contributed by atoms with van der Waals surface area (Å²) < 4.78 is 5.25. The Morgan fingerprint density at radius 3 is 2.44 bits per heavy atom. The molecule has 1 rings (SSSR count). The largest absolute Gasteiger partial charge is 0.496 e. The van der Waals surface area contributed by atoms with E-state index in [9.17, 15) is 9.90 Å².